The Labute approximate surface area is 91.1 Å². The lowest BCUT2D eigenvalue weighted by atomic mass is 9.99. The molecule has 0 heterocycles. The Bertz CT molecular complexity index is 454. The summed E-state index contributed by atoms with van der Waals surface area (Å²) in [4.78, 5) is 0. The molecule has 0 bridgehead atoms. The summed E-state index contributed by atoms with van der Waals surface area (Å²) in [6.07, 6.45) is 6.93. The van der Waals surface area contributed by atoms with Gasteiger partial charge in [-0.2, -0.15) is 5.26 Å². The van der Waals surface area contributed by atoms with Crippen LogP contribution in [0.5, 0.6) is 0 Å². The van der Waals surface area contributed by atoms with Crippen LogP contribution in [0.4, 0.5) is 0 Å². The second-order valence-corrected chi connectivity index (χ2v) is 3.59. The van der Waals surface area contributed by atoms with E-state index in [2.05, 4.69) is 26.7 Å². The molecule has 0 amide bonds. The van der Waals surface area contributed by atoms with Crippen molar-refractivity contribution in [2.24, 2.45) is 0 Å². The van der Waals surface area contributed by atoms with Gasteiger partial charge in [-0.1, -0.05) is 18.1 Å². The molecule has 0 aliphatic rings. The first-order valence-corrected chi connectivity index (χ1v) is 4.74. The van der Waals surface area contributed by atoms with Crippen molar-refractivity contribution in [3.8, 4) is 18.4 Å². The highest BCUT2D eigenvalue weighted by Crippen LogP contribution is 2.17. The summed E-state index contributed by atoms with van der Waals surface area (Å²) in [7, 11) is 0. The van der Waals surface area contributed by atoms with E-state index in [1.54, 1.807) is 6.08 Å². The van der Waals surface area contributed by atoms with Gasteiger partial charge >= 0.3 is 0 Å². The van der Waals surface area contributed by atoms with Gasteiger partial charge in [-0.3, -0.25) is 0 Å². The molecule has 0 aromatic heterocycles. The van der Waals surface area contributed by atoms with E-state index in [0.717, 1.165) is 5.56 Å². The lowest BCUT2D eigenvalue weighted by Gasteiger charge is -2.06. The minimum absolute atomic E-state index is 0.359. The van der Waals surface area contributed by atoms with Crippen molar-refractivity contribution in [3.63, 3.8) is 0 Å². The van der Waals surface area contributed by atoms with Crippen molar-refractivity contribution in [3.05, 3.63) is 40.0 Å². The molecule has 0 N–H and O–H groups in total. The van der Waals surface area contributed by atoms with Crippen LogP contribution >= 0.6 is 0 Å². The zero-order valence-electron chi connectivity index (χ0n) is 9.26. The Morgan fingerprint density at radius 3 is 2.20 bits per heavy atom. The Kier molecular flexibility index (Phi) is 3.32. The van der Waals surface area contributed by atoms with Gasteiger partial charge in [-0.05, 0) is 49.1 Å². The van der Waals surface area contributed by atoms with Gasteiger partial charge in [-0.25, -0.2) is 0 Å². The van der Waals surface area contributed by atoms with E-state index in [4.69, 9.17) is 11.7 Å². The fraction of sp³-hybridized carbons (Fsp3) is 0.214. The highest BCUT2D eigenvalue weighted by atomic mass is 14.2. The SMILES string of the molecule is C#C/C(C#N)=C/c1cc(C)c(C)c(C)c1. The van der Waals surface area contributed by atoms with Crippen molar-refractivity contribution in [1.82, 2.24) is 0 Å². The molecule has 0 radical (unpaired) electrons. The van der Waals surface area contributed by atoms with Crippen molar-refractivity contribution >= 4 is 6.08 Å². The van der Waals surface area contributed by atoms with Crippen LogP contribution < -0.4 is 0 Å². The zero-order chi connectivity index (χ0) is 11.4. The number of terminal acetylenes is 1. The number of hydrogen-bond acceptors (Lipinski definition) is 1. The summed E-state index contributed by atoms with van der Waals surface area (Å²) < 4.78 is 0. The monoisotopic (exact) mass is 195 g/mol. The van der Waals surface area contributed by atoms with Gasteiger partial charge < -0.3 is 0 Å². The molecule has 0 fully saturated rings. The average Bonchev–Trinajstić information content (AvgIpc) is 2.22. The predicted molar refractivity (Wildman–Crippen MR) is 63.1 cm³/mol. The molecule has 0 saturated heterocycles. The lowest BCUT2D eigenvalue weighted by Crippen LogP contribution is -1.88. The molecule has 0 aliphatic heterocycles. The summed E-state index contributed by atoms with van der Waals surface area (Å²) in [5.41, 5.74) is 5.07. The molecule has 1 rings (SSSR count). The van der Waals surface area contributed by atoms with Crippen molar-refractivity contribution < 1.29 is 0 Å². The molecule has 0 atom stereocenters. The van der Waals surface area contributed by atoms with Gasteiger partial charge in [0.15, 0.2) is 0 Å². The normalized spacial score (nSPS) is 10.6. The maximum absolute atomic E-state index is 8.72. The average molecular weight is 195 g/mol. The van der Waals surface area contributed by atoms with Crippen LogP contribution in [0.15, 0.2) is 17.7 Å². The maximum atomic E-state index is 8.72. The fourth-order valence-corrected chi connectivity index (χ4v) is 1.43. The summed E-state index contributed by atoms with van der Waals surface area (Å²) in [6.45, 7) is 6.20. The smallest absolute Gasteiger partial charge is 0.108 e. The quantitative estimate of drug-likeness (QED) is 0.499. The first kappa shape index (κ1) is 11.1. The zero-order valence-corrected chi connectivity index (χ0v) is 9.26. The number of rotatable bonds is 1. The van der Waals surface area contributed by atoms with E-state index in [9.17, 15) is 0 Å². The van der Waals surface area contributed by atoms with E-state index in [0.29, 0.717) is 5.57 Å². The summed E-state index contributed by atoms with van der Waals surface area (Å²) in [5, 5.41) is 8.72. The van der Waals surface area contributed by atoms with Crippen LogP contribution in [0, 0.1) is 44.4 Å². The van der Waals surface area contributed by atoms with Crippen LogP contribution in [-0.4, -0.2) is 0 Å². The second-order valence-electron chi connectivity index (χ2n) is 3.59. The van der Waals surface area contributed by atoms with Crippen molar-refractivity contribution in [1.29, 1.82) is 5.26 Å². The van der Waals surface area contributed by atoms with Gasteiger partial charge in [-0.15, -0.1) is 6.42 Å². The van der Waals surface area contributed by atoms with Crippen LogP contribution in [0.2, 0.25) is 0 Å². The lowest BCUT2D eigenvalue weighted by molar-refractivity contribution is 1.26. The third-order valence-electron chi connectivity index (χ3n) is 2.54. The number of benzene rings is 1. The Hall–Kier alpha value is -1.99. The first-order valence-electron chi connectivity index (χ1n) is 4.74. The summed E-state index contributed by atoms with van der Waals surface area (Å²) in [6, 6.07) is 6.06. The van der Waals surface area contributed by atoms with E-state index in [1.807, 2.05) is 18.2 Å². The standard InChI is InChI=1S/C14H13N/c1-5-13(9-15)8-14-6-10(2)12(4)11(3)7-14/h1,6-8H,2-4H3/b13-8-. The number of nitriles is 1. The van der Waals surface area contributed by atoms with Gasteiger partial charge in [0.1, 0.15) is 11.6 Å². The minimum atomic E-state index is 0.359. The summed E-state index contributed by atoms with van der Waals surface area (Å²) >= 11 is 0. The first-order chi connectivity index (χ1) is 7.08. The number of nitrogens with zero attached hydrogens (tertiary/aromatic N) is 1. The number of hydrogen-bond donors (Lipinski definition) is 0. The molecule has 0 saturated carbocycles. The number of allylic oxidation sites excluding steroid dienone is 1. The molecule has 0 aliphatic carbocycles. The second kappa shape index (κ2) is 4.49. The minimum Gasteiger partial charge on any atom is -0.192 e. The highest BCUT2D eigenvalue weighted by molar-refractivity contribution is 5.64. The molecule has 1 aromatic carbocycles. The molecule has 1 aromatic rings. The Morgan fingerprint density at radius 1 is 1.27 bits per heavy atom. The van der Waals surface area contributed by atoms with E-state index in [1.165, 1.54) is 16.7 Å². The van der Waals surface area contributed by atoms with Gasteiger partial charge in [0.05, 0.1) is 0 Å². The fourth-order valence-electron chi connectivity index (χ4n) is 1.43. The molecular weight excluding hydrogens is 182 g/mol. The van der Waals surface area contributed by atoms with Crippen LogP contribution in [0.1, 0.15) is 22.3 Å². The van der Waals surface area contributed by atoms with Crippen LogP contribution in [0.25, 0.3) is 6.08 Å². The molecule has 1 heteroatoms. The molecule has 0 spiro atoms. The third-order valence-corrected chi connectivity index (χ3v) is 2.54. The molecule has 1 nitrogen and oxygen atoms in total. The van der Waals surface area contributed by atoms with Crippen molar-refractivity contribution in [2.45, 2.75) is 20.8 Å². The van der Waals surface area contributed by atoms with E-state index < -0.39 is 0 Å². The maximum Gasteiger partial charge on any atom is 0.108 e. The summed E-state index contributed by atoms with van der Waals surface area (Å²) in [5.74, 6) is 2.35. The number of aryl methyl sites for hydroxylation is 2. The van der Waals surface area contributed by atoms with Crippen LogP contribution in [0.3, 0.4) is 0 Å². The predicted octanol–water partition coefficient (Wildman–Crippen LogP) is 3.15. The third kappa shape index (κ3) is 2.48. The van der Waals surface area contributed by atoms with Crippen molar-refractivity contribution in [2.75, 3.05) is 0 Å². The van der Waals surface area contributed by atoms with Crippen LogP contribution in [-0.2, 0) is 0 Å². The Balaban J connectivity index is 3.26. The topological polar surface area (TPSA) is 23.8 Å². The molecular formula is C14H13N. The van der Waals surface area contributed by atoms with E-state index in [-0.39, 0.29) is 0 Å². The molecule has 15 heavy (non-hydrogen) atoms. The molecule has 0 unspecified atom stereocenters. The Morgan fingerprint density at radius 2 is 1.80 bits per heavy atom. The largest absolute Gasteiger partial charge is 0.192 e. The van der Waals surface area contributed by atoms with Gasteiger partial charge in [0.25, 0.3) is 0 Å². The van der Waals surface area contributed by atoms with Gasteiger partial charge in [0.2, 0.25) is 0 Å². The van der Waals surface area contributed by atoms with Gasteiger partial charge in [0, 0.05) is 0 Å². The highest BCUT2D eigenvalue weighted by Gasteiger charge is 1.99. The molecule has 74 valence electrons. The van der Waals surface area contributed by atoms with E-state index >= 15 is 0 Å².